The van der Waals surface area contributed by atoms with Gasteiger partial charge in [0.15, 0.2) is 5.17 Å². The number of amidine groups is 1. The van der Waals surface area contributed by atoms with Crippen LogP contribution in [0.25, 0.3) is 0 Å². The van der Waals surface area contributed by atoms with Crippen LogP contribution >= 0.6 is 23.4 Å². The predicted molar refractivity (Wildman–Crippen MR) is 134 cm³/mol. The third kappa shape index (κ3) is 4.14. The van der Waals surface area contributed by atoms with E-state index in [9.17, 15) is 9.59 Å². The molecule has 6 nitrogen and oxygen atoms in total. The Morgan fingerprint density at radius 2 is 1.88 bits per heavy atom. The first-order valence-corrected chi connectivity index (χ1v) is 12.3. The van der Waals surface area contributed by atoms with Crippen LogP contribution in [0.4, 0.5) is 0 Å². The molecule has 3 aliphatic heterocycles. The summed E-state index contributed by atoms with van der Waals surface area (Å²) in [4.78, 5) is 34.7. The van der Waals surface area contributed by atoms with E-state index in [0.717, 1.165) is 22.8 Å². The van der Waals surface area contributed by atoms with Crippen LogP contribution in [0.2, 0.25) is 5.02 Å². The van der Waals surface area contributed by atoms with E-state index in [1.807, 2.05) is 46.4 Å². The van der Waals surface area contributed by atoms with Gasteiger partial charge >= 0.3 is 5.97 Å². The monoisotopic (exact) mass is 493 g/mol. The molecule has 3 aliphatic rings. The van der Waals surface area contributed by atoms with Crippen molar-refractivity contribution in [1.82, 2.24) is 9.80 Å². The molecule has 174 valence electrons. The van der Waals surface area contributed by atoms with Crippen LogP contribution < -0.4 is 0 Å². The van der Waals surface area contributed by atoms with Crippen molar-refractivity contribution in [1.29, 1.82) is 0 Å². The van der Waals surface area contributed by atoms with Gasteiger partial charge in [-0.15, -0.1) is 0 Å². The number of allylic oxidation sites excluding steroid dienone is 1. The molecule has 34 heavy (non-hydrogen) atoms. The van der Waals surface area contributed by atoms with E-state index in [1.165, 1.54) is 30.0 Å². The first kappa shape index (κ1) is 22.7. The summed E-state index contributed by atoms with van der Waals surface area (Å²) < 4.78 is 5.11. The molecule has 5 rings (SSSR count). The lowest BCUT2D eigenvalue weighted by atomic mass is 9.94. The van der Waals surface area contributed by atoms with E-state index in [-0.39, 0.29) is 12.3 Å². The zero-order chi connectivity index (χ0) is 23.8. The number of benzene rings is 2. The number of rotatable bonds is 4. The number of fused-ring (bicyclic) bond motifs is 2. The molecule has 2 aromatic rings. The van der Waals surface area contributed by atoms with Crippen molar-refractivity contribution in [2.45, 2.75) is 32.4 Å². The predicted octanol–water partition coefficient (Wildman–Crippen LogP) is 5.06. The molecular formula is C26H24ClN3O3S. The number of halogens is 1. The number of carbonyl (C=O) groups is 2. The van der Waals surface area contributed by atoms with Gasteiger partial charge in [-0.1, -0.05) is 59.8 Å². The second-order valence-corrected chi connectivity index (χ2v) is 9.72. The molecule has 0 aromatic heterocycles. The fourth-order valence-corrected chi connectivity index (χ4v) is 5.77. The second kappa shape index (κ2) is 9.31. The first-order chi connectivity index (χ1) is 16.5. The molecule has 0 fully saturated rings. The minimum absolute atomic E-state index is 0.0587. The fourth-order valence-electron chi connectivity index (χ4n) is 4.68. The standard InChI is InChI=1S/C26H24ClN3O3S/c1-16-23(25(32)33-2)24(18-7-9-20(27)10-8-18)30-21(15-34-26(30)28-16)13-22(31)29-12-11-17-5-3-4-6-19(17)14-29/h3-10,15,24H,11-14H2,1-2H3/t24-/m0/s1. The van der Waals surface area contributed by atoms with Gasteiger partial charge < -0.3 is 14.5 Å². The van der Waals surface area contributed by atoms with Crippen molar-refractivity contribution in [3.63, 3.8) is 0 Å². The number of carbonyl (C=O) groups excluding carboxylic acids is 2. The topological polar surface area (TPSA) is 62.2 Å². The van der Waals surface area contributed by atoms with Crippen LogP contribution in [-0.4, -0.2) is 40.5 Å². The van der Waals surface area contributed by atoms with Gasteiger partial charge in [0.1, 0.15) is 0 Å². The third-order valence-electron chi connectivity index (χ3n) is 6.41. The molecule has 1 atom stereocenters. The SMILES string of the molecule is COC(=O)C1=C(C)N=C2SC=C(CC(=O)N3CCc4ccccc4C3)N2[C@H]1c1ccc(Cl)cc1. The van der Waals surface area contributed by atoms with Gasteiger partial charge in [-0.3, -0.25) is 4.79 Å². The fraction of sp³-hybridized carbons (Fsp3) is 0.269. The lowest BCUT2D eigenvalue weighted by Crippen LogP contribution is -2.40. The summed E-state index contributed by atoms with van der Waals surface area (Å²) in [5.74, 6) is -0.376. The van der Waals surface area contributed by atoms with Crippen molar-refractivity contribution in [2.24, 2.45) is 4.99 Å². The third-order valence-corrected chi connectivity index (χ3v) is 7.55. The van der Waals surface area contributed by atoms with E-state index in [1.54, 1.807) is 12.1 Å². The maximum atomic E-state index is 13.4. The summed E-state index contributed by atoms with van der Waals surface area (Å²) in [6.45, 7) is 3.13. The van der Waals surface area contributed by atoms with Crippen molar-refractivity contribution in [3.05, 3.63) is 92.6 Å². The molecule has 0 saturated heterocycles. The highest BCUT2D eigenvalue weighted by Gasteiger charge is 2.41. The smallest absolute Gasteiger partial charge is 0.338 e. The molecule has 0 N–H and O–H groups in total. The number of thioether (sulfide) groups is 1. The van der Waals surface area contributed by atoms with Crippen LogP contribution in [0.3, 0.4) is 0 Å². The first-order valence-electron chi connectivity index (χ1n) is 11.1. The van der Waals surface area contributed by atoms with Crippen LogP contribution in [-0.2, 0) is 27.3 Å². The Morgan fingerprint density at radius 3 is 2.62 bits per heavy atom. The Morgan fingerprint density at radius 1 is 1.15 bits per heavy atom. The molecule has 0 aliphatic carbocycles. The van der Waals surface area contributed by atoms with Gasteiger partial charge in [0.25, 0.3) is 0 Å². The molecule has 0 spiro atoms. The Labute approximate surface area is 207 Å². The summed E-state index contributed by atoms with van der Waals surface area (Å²) in [5, 5.41) is 3.32. The molecule has 0 saturated carbocycles. The van der Waals surface area contributed by atoms with E-state index in [4.69, 9.17) is 16.3 Å². The Kier molecular flexibility index (Phi) is 6.23. The number of amides is 1. The number of methoxy groups -OCH3 is 1. The highest BCUT2D eigenvalue weighted by molar-refractivity contribution is 8.16. The summed E-state index contributed by atoms with van der Waals surface area (Å²) >= 11 is 7.60. The maximum absolute atomic E-state index is 13.4. The van der Waals surface area contributed by atoms with E-state index in [0.29, 0.717) is 29.4 Å². The largest absolute Gasteiger partial charge is 0.466 e. The van der Waals surface area contributed by atoms with Gasteiger partial charge in [-0.2, -0.15) is 0 Å². The number of hydrogen-bond acceptors (Lipinski definition) is 6. The summed E-state index contributed by atoms with van der Waals surface area (Å²) in [7, 11) is 1.37. The Bertz CT molecular complexity index is 1250. The quantitative estimate of drug-likeness (QED) is 0.557. The average molecular weight is 494 g/mol. The van der Waals surface area contributed by atoms with E-state index in [2.05, 4.69) is 17.1 Å². The lowest BCUT2D eigenvalue weighted by molar-refractivity contribution is -0.136. The van der Waals surface area contributed by atoms with Gasteiger partial charge in [-0.05, 0) is 47.6 Å². The van der Waals surface area contributed by atoms with Crippen LogP contribution in [0.1, 0.15) is 36.1 Å². The van der Waals surface area contributed by atoms with Gasteiger partial charge in [0.2, 0.25) is 5.91 Å². The zero-order valence-electron chi connectivity index (χ0n) is 19.0. The molecule has 3 heterocycles. The van der Waals surface area contributed by atoms with Gasteiger partial charge in [0.05, 0.1) is 30.8 Å². The van der Waals surface area contributed by atoms with Crippen LogP contribution in [0, 0.1) is 0 Å². The highest BCUT2D eigenvalue weighted by Crippen LogP contribution is 2.45. The molecule has 0 radical (unpaired) electrons. The summed E-state index contributed by atoms with van der Waals surface area (Å²) in [5.41, 5.74) is 5.27. The van der Waals surface area contributed by atoms with E-state index >= 15 is 0 Å². The molecule has 2 aromatic carbocycles. The highest BCUT2D eigenvalue weighted by atomic mass is 35.5. The second-order valence-electron chi connectivity index (χ2n) is 8.45. The normalized spacial score (nSPS) is 19.3. The molecule has 0 bridgehead atoms. The van der Waals surface area contributed by atoms with Crippen molar-refractivity contribution < 1.29 is 14.3 Å². The number of nitrogens with zero attached hydrogens (tertiary/aromatic N) is 3. The molecule has 8 heteroatoms. The van der Waals surface area contributed by atoms with Crippen molar-refractivity contribution >= 4 is 40.4 Å². The number of ether oxygens (including phenoxy) is 1. The minimum Gasteiger partial charge on any atom is -0.466 e. The Balaban J connectivity index is 1.44. The summed E-state index contributed by atoms with van der Waals surface area (Å²) in [6, 6.07) is 15.2. The molecule has 1 amide bonds. The van der Waals surface area contributed by atoms with Crippen LogP contribution in [0.5, 0.6) is 0 Å². The summed E-state index contributed by atoms with van der Waals surface area (Å²) in [6.07, 6.45) is 1.08. The lowest BCUT2D eigenvalue weighted by Gasteiger charge is -2.37. The van der Waals surface area contributed by atoms with Crippen molar-refractivity contribution in [2.75, 3.05) is 13.7 Å². The minimum atomic E-state index is -0.451. The molecular weight excluding hydrogens is 470 g/mol. The number of aliphatic imine (C=N–C) groups is 1. The average Bonchev–Trinajstić information content (AvgIpc) is 3.24. The zero-order valence-corrected chi connectivity index (χ0v) is 20.5. The molecule has 0 unspecified atom stereocenters. The van der Waals surface area contributed by atoms with Crippen molar-refractivity contribution in [3.8, 4) is 0 Å². The number of hydrogen-bond donors (Lipinski definition) is 0. The maximum Gasteiger partial charge on any atom is 0.338 e. The number of esters is 1. The van der Waals surface area contributed by atoms with Gasteiger partial charge in [0, 0.05) is 23.8 Å². The van der Waals surface area contributed by atoms with Crippen LogP contribution in [0.15, 0.2) is 75.9 Å². The van der Waals surface area contributed by atoms with Gasteiger partial charge in [-0.25, -0.2) is 9.79 Å². The van der Waals surface area contributed by atoms with E-state index < -0.39 is 12.0 Å². The Hall–Kier alpha value is -3.03.